The van der Waals surface area contributed by atoms with E-state index < -0.39 is 12.1 Å². The minimum absolute atomic E-state index is 0.0297. The molecule has 0 aromatic rings. The molecule has 0 aliphatic carbocycles. The van der Waals surface area contributed by atoms with Gasteiger partial charge in [0.05, 0.1) is 25.4 Å². The van der Waals surface area contributed by atoms with E-state index in [0.29, 0.717) is 25.9 Å². The Kier molecular flexibility index (Phi) is 49.6. The molecular weight excluding hydrogens is 767 g/mol. The van der Waals surface area contributed by atoms with E-state index in [1.807, 2.05) is 0 Å². The third kappa shape index (κ3) is 47.3. The average Bonchev–Trinajstić information content (AvgIpc) is 3.27. The zero-order chi connectivity index (χ0) is 45.1. The first-order valence-electron chi connectivity index (χ1n) is 26.9. The number of esters is 1. The maximum Gasteiger partial charge on any atom is 0.305 e. The summed E-state index contributed by atoms with van der Waals surface area (Å²) in [6, 6.07) is -0.558. The second kappa shape index (κ2) is 51.5. The third-order valence-corrected chi connectivity index (χ3v) is 12.1. The molecule has 362 valence electrons. The van der Waals surface area contributed by atoms with Crippen molar-refractivity contribution < 1.29 is 24.5 Å². The fourth-order valence-corrected chi connectivity index (χ4v) is 7.95. The van der Waals surface area contributed by atoms with Crippen LogP contribution in [0, 0.1) is 0 Å². The summed E-state index contributed by atoms with van der Waals surface area (Å²) >= 11 is 0. The van der Waals surface area contributed by atoms with Crippen LogP contribution in [0.1, 0.15) is 271 Å². The molecule has 62 heavy (non-hydrogen) atoms. The van der Waals surface area contributed by atoms with E-state index >= 15 is 0 Å². The van der Waals surface area contributed by atoms with Gasteiger partial charge < -0.3 is 20.3 Å². The first-order chi connectivity index (χ1) is 30.5. The van der Waals surface area contributed by atoms with Gasteiger partial charge in [-0.1, -0.05) is 217 Å². The summed E-state index contributed by atoms with van der Waals surface area (Å²) < 4.78 is 5.45. The Labute approximate surface area is 385 Å². The highest BCUT2D eigenvalue weighted by molar-refractivity contribution is 5.76. The van der Waals surface area contributed by atoms with E-state index in [2.05, 4.69) is 67.8 Å². The maximum atomic E-state index is 12.4. The summed E-state index contributed by atoms with van der Waals surface area (Å²) in [6.07, 6.45) is 63.7. The predicted molar refractivity (Wildman–Crippen MR) is 269 cm³/mol. The lowest BCUT2D eigenvalue weighted by Gasteiger charge is -2.22. The van der Waals surface area contributed by atoms with Crippen LogP contribution in [0.4, 0.5) is 0 Å². The molecule has 0 spiro atoms. The van der Waals surface area contributed by atoms with E-state index in [4.69, 9.17) is 4.74 Å². The molecule has 0 aromatic carbocycles. The minimum Gasteiger partial charge on any atom is -0.466 e. The van der Waals surface area contributed by atoms with Crippen LogP contribution in [-0.4, -0.2) is 47.4 Å². The highest BCUT2D eigenvalue weighted by Gasteiger charge is 2.20. The lowest BCUT2D eigenvalue weighted by atomic mass is 10.0. The standard InChI is InChI=1S/C56H103NO5/c1-3-5-7-9-11-13-15-17-18-19-20-23-26-30-34-38-42-46-50-56(61)62-51-47-43-39-35-31-27-24-21-22-25-29-33-37-41-45-49-55(60)57-53(52-58)54(59)48-44-40-36-32-28-16-14-12-10-8-6-4-2/h13,15,18-19,21,24,27,31,53-54,58-59H,3-12,14,16-17,20,22-23,25-26,28-30,32-52H2,1-2H3,(H,57,60)/b15-13-,19-18-,24-21-,31-27-. The van der Waals surface area contributed by atoms with Gasteiger partial charge in [0.1, 0.15) is 0 Å². The molecule has 6 heteroatoms. The predicted octanol–water partition coefficient (Wildman–Crippen LogP) is 16.2. The first-order valence-corrected chi connectivity index (χ1v) is 26.9. The van der Waals surface area contributed by atoms with Crippen LogP contribution in [-0.2, 0) is 14.3 Å². The lowest BCUT2D eigenvalue weighted by Crippen LogP contribution is -2.45. The van der Waals surface area contributed by atoms with Crippen LogP contribution in [0.2, 0.25) is 0 Å². The van der Waals surface area contributed by atoms with Crippen molar-refractivity contribution in [3.8, 4) is 0 Å². The van der Waals surface area contributed by atoms with E-state index in [0.717, 1.165) is 83.5 Å². The average molecular weight is 870 g/mol. The Morgan fingerprint density at radius 1 is 0.468 bits per heavy atom. The number of aliphatic hydroxyl groups excluding tert-OH is 2. The molecule has 0 bridgehead atoms. The van der Waals surface area contributed by atoms with Crippen molar-refractivity contribution in [1.82, 2.24) is 5.32 Å². The van der Waals surface area contributed by atoms with Crippen molar-refractivity contribution in [3.05, 3.63) is 48.6 Å². The molecule has 0 fully saturated rings. The minimum atomic E-state index is -0.679. The number of carbonyl (C=O) groups excluding carboxylic acids is 2. The summed E-state index contributed by atoms with van der Waals surface area (Å²) in [7, 11) is 0. The summed E-state index contributed by atoms with van der Waals surface area (Å²) in [5.74, 6) is -0.0893. The highest BCUT2D eigenvalue weighted by Crippen LogP contribution is 2.15. The Hall–Kier alpha value is -2.18. The summed E-state index contributed by atoms with van der Waals surface area (Å²) in [6.45, 7) is 4.86. The SMILES string of the molecule is CCCCCC/C=C\C/C=C\CCCCCCCCCC(=O)OCCCCC/C=C\C=C/CCCCCCCCC(=O)NC(CO)C(O)CCCCCCCCCCCCCC. The molecular formula is C56H103NO5. The largest absolute Gasteiger partial charge is 0.466 e. The van der Waals surface area contributed by atoms with Crippen LogP contribution in [0.5, 0.6) is 0 Å². The van der Waals surface area contributed by atoms with Crippen molar-refractivity contribution in [2.75, 3.05) is 13.2 Å². The van der Waals surface area contributed by atoms with Gasteiger partial charge in [0.25, 0.3) is 0 Å². The number of carbonyl (C=O) groups is 2. The monoisotopic (exact) mass is 870 g/mol. The number of rotatable bonds is 49. The quantitative estimate of drug-likeness (QED) is 0.0245. The van der Waals surface area contributed by atoms with E-state index in [-0.39, 0.29) is 18.5 Å². The molecule has 2 atom stereocenters. The number of hydrogen-bond acceptors (Lipinski definition) is 5. The highest BCUT2D eigenvalue weighted by atomic mass is 16.5. The van der Waals surface area contributed by atoms with Gasteiger partial charge in [0, 0.05) is 12.8 Å². The van der Waals surface area contributed by atoms with Crippen LogP contribution in [0.15, 0.2) is 48.6 Å². The number of aliphatic hydroxyl groups is 2. The van der Waals surface area contributed by atoms with Crippen LogP contribution >= 0.6 is 0 Å². The summed E-state index contributed by atoms with van der Waals surface area (Å²) in [4.78, 5) is 24.5. The smallest absolute Gasteiger partial charge is 0.305 e. The van der Waals surface area contributed by atoms with E-state index in [1.165, 1.54) is 154 Å². The van der Waals surface area contributed by atoms with Crippen molar-refractivity contribution in [2.24, 2.45) is 0 Å². The van der Waals surface area contributed by atoms with Crippen molar-refractivity contribution in [3.63, 3.8) is 0 Å². The van der Waals surface area contributed by atoms with Gasteiger partial charge in [-0.25, -0.2) is 0 Å². The van der Waals surface area contributed by atoms with Gasteiger partial charge in [-0.15, -0.1) is 0 Å². The van der Waals surface area contributed by atoms with E-state index in [9.17, 15) is 19.8 Å². The Morgan fingerprint density at radius 2 is 0.855 bits per heavy atom. The van der Waals surface area contributed by atoms with E-state index in [1.54, 1.807) is 0 Å². The Balaban J connectivity index is 3.52. The normalized spacial score (nSPS) is 13.0. The topological polar surface area (TPSA) is 95.9 Å². The zero-order valence-electron chi connectivity index (χ0n) is 41.1. The first kappa shape index (κ1) is 59.8. The molecule has 0 radical (unpaired) electrons. The zero-order valence-corrected chi connectivity index (χ0v) is 41.1. The molecule has 0 aliphatic heterocycles. The maximum absolute atomic E-state index is 12.4. The van der Waals surface area contributed by atoms with Crippen LogP contribution in [0.3, 0.4) is 0 Å². The van der Waals surface area contributed by atoms with Crippen molar-refractivity contribution in [2.45, 2.75) is 283 Å². The Morgan fingerprint density at radius 3 is 1.34 bits per heavy atom. The lowest BCUT2D eigenvalue weighted by molar-refractivity contribution is -0.143. The molecule has 0 aliphatic rings. The van der Waals surface area contributed by atoms with Gasteiger partial charge in [0.15, 0.2) is 0 Å². The van der Waals surface area contributed by atoms with Crippen LogP contribution in [0.25, 0.3) is 0 Å². The summed E-state index contributed by atoms with van der Waals surface area (Å²) in [5.41, 5.74) is 0. The number of allylic oxidation sites excluding steroid dienone is 8. The number of nitrogens with one attached hydrogen (secondary N) is 1. The van der Waals surface area contributed by atoms with Gasteiger partial charge >= 0.3 is 5.97 Å². The molecule has 1 amide bonds. The fourth-order valence-electron chi connectivity index (χ4n) is 7.95. The fraction of sp³-hybridized carbons (Fsp3) is 0.821. The number of amides is 1. The van der Waals surface area contributed by atoms with Gasteiger partial charge in [-0.05, 0) is 89.9 Å². The van der Waals surface area contributed by atoms with Crippen LogP contribution < -0.4 is 5.32 Å². The van der Waals surface area contributed by atoms with Crippen molar-refractivity contribution in [1.29, 1.82) is 0 Å². The molecule has 3 N–H and O–H groups in total. The number of unbranched alkanes of at least 4 members (excludes halogenated alkanes) is 31. The second-order valence-corrected chi connectivity index (χ2v) is 18.2. The van der Waals surface area contributed by atoms with Gasteiger partial charge in [0.2, 0.25) is 5.91 Å². The number of ether oxygens (including phenoxy) is 1. The molecule has 0 saturated heterocycles. The second-order valence-electron chi connectivity index (χ2n) is 18.2. The van der Waals surface area contributed by atoms with Gasteiger partial charge in [-0.2, -0.15) is 0 Å². The van der Waals surface area contributed by atoms with Crippen molar-refractivity contribution >= 4 is 11.9 Å². The molecule has 0 aromatic heterocycles. The van der Waals surface area contributed by atoms with Gasteiger partial charge in [-0.3, -0.25) is 9.59 Å². The molecule has 2 unspecified atom stereocenters. The number of hydrogen-bond donors (Lipinski definition) is 3. The molecule has 0 rings (SSSR count). The Bertz CT molecular complexity index is 1050. The molecule has 0 heterocycles. The third-order valence-electron chi connectivity index (χ3n) is 12.1. The molecule has 6 nitrogen and oxygen atoms in total. The molecule has 0 saturated carbocycles. The summed E-state index contributed by atoms with van der Waals surface area (Å²) in [5, 5.41) is 23.2.